The Balaban J connectivity index is 1.81. The van der Waals surface area contributed by atoms with Gasteiger partial charge in [0.25, 0.3) is 5.91 Å². The van der Waals surface area contributed by atoms with E-state index in [1.165, 1.54) is 30.2 Å². The molecule has 6 heteroatoms. The number of nitrogens with one attached hydrogen (secondary N) is 1. The molecule has 1 saturated heterocycles. The maximum Gasteiger partial charge on any atom is 0.264 e. The third-order valence-corrected chi connectivity index (χ3v) is 3.46. The minimum Gasteiger partial charge on any atom is -0.472 e. The fourth-order valence-corrected chi connectivity index (χ4v) is 2.46. The van der Waals surface area contributed by atoms with Crippen molar-refractivity contribution in [2.75, 3.05) is 0 Å². The number of halogens is 1. The number of carbonyl (C=O) groups is 1. The van der Waals surface area contributed by atoms with Crippen LogP contribution in [0.15, 0.2) is 57.2 Å². The van der Waals surface area contributed by atoms with Crippen molar-refractivity contribution in [1.82, 2.24) is 5.32 Å². The topological polar surface area (TPSA) is 54.6 Å². The van der Waals surface area contributed by atoms with E-state index in [1.807, 2.05) is 0 Å². The first-order valence-electron chi connectivity index (χ1n) is 5.78. The van der Waals surface area contributed by atoms with Gasteiger partial charge in [0.15, 0.2) is 5.17 Å². The van der Waals surface area contributed by atoms with Crippen molar-refractivity contribution >= 4 is 34.6 Å². The molecule has 1 aromatic heterocycles. The molecule has 2 heterocycles. The predicted molar refractivity (Wildman–Crippen MR) is 75.9 cm³/mol. The van der Waals surface area contributed by atoms with Crippen molar-refractivity contribution in [3.63, 3.8) is 0 Å². The largest absolute Gasteiger partial charge is 0.472 e. The number of aliphatic imine (C=N–C) groups is 1. The van der Waals surface area contributed by atoms with Crippen LogP contribution in [0.4, 0.5) is 10.1 Å². The molecule has 4 nitrogen and oxygen atoms in total. The lowest BCUT2D eigenvalue weighted by Gasteiger charge is -1.95. The number of amidine groups is 1. The lowest BCUT2D eigenvalue weighted by molar-refractivity contribution is -0.115. The van der Waals surface area contributed by atoms with E-state index < -0.39 is 0 Å². The first-order chi connectivity index (χ1) is 9.70. The molecule has 1 aliphatic heterocycles. The van der Waals surface area contributed by atoms with Crippen LogP contribution in [0.5, 0.6) is 0 Å². The van der Waals surface area contributed by atoms with Gasteiger partial charge in [0.05, 0.1) is 23.1 Å². The first-order valence-corrected chi connectivity index (χ1v) is 6.60. The number of hydrogen-bond acceptors (Lipinski definition) is 4. The van der Waals surface area contributed by atoms with Gasteiger partial charge in [-0.2, -0.15) is 0 Å². The zero-order valence-electron chi connectivity index (χ0n) is 10.2. The van der Waals surface area contributed by atoms with Gasteiger partial charge < -0.3 is 9.73 Å². The second-order valence-electron chi connectivity index (χ2n) is 4.01. The number of furan rings is 1. The zero-order valence-corrected chi connectivity index (χ0v) is 11.0. The number of amides is 1. The summed E-state index contributed by atoms with van der Waals surface area (Å²) < 4.78 is 17.7. The molecule has 1 N–H and O–H groups in total. The molecule has 100 valence electrons. The van der Waals surface area contributed by atoms with Crippen molar-refractivity contribution in [2.45, 2.75) is 0 Å². The molecule has 3 rings (SSSR count). The molecule has 0 aliphatic carbocycles. The summed E-state index contributed by atoms with van der Waals surface area (Å²) in [5.41, 5.74) is 1.39. The van der Waals surface area contributed by atoms with E-state index in [2.05, 4.69) is 10.3 Å². The van der Waals surface area contributed by atoms with Crippen LogP contribution in [0.3, 0.4) is 0 Å². The molecular weight excluding hydrogens is 279 g/mol. The number of carbonyl (C=O) groups excluding carboxylic acids is 1. The zero-order chi connectivity index (χ0) is 13.9. The van der Waals surface area contributed by atoms with E-state index >= 15 is 0 Å². The van der Waals surface area contributed by atoms with Gasteiger partial charge in [-0.3, -0.25) is 4.79 Å². The Kier molecular flexibility index (Phi) is 3.39. The minimum atomic E-state index is -0.322. The van der Waals surface area contributed by atoms with Crippen molar-refractivity contribution < 1.29 is 13.6 Å². The summed E-state index contributed by atoms with van der Waals surface area (Å²) >= 11 is 1.23. The summed E-state index contributed by atoms with van der Waals surface area (Å²) in [6.07, 6.45) is 4.81. The lowest BCUT2D eigenvalue weighted by atomic mass is 10.3. The highest BCUT2D eigenvalue weighted by Gasteiger charge is 2.23. The van der Waals surface area contributed by atoms with E-state index in [0.717, 1.165) is 5.56 Å². The van der Waals surface area contributed by atoms with Crippen LogP contribution in [-0.4, -0.2) is 11.1 Å². The average Bonchev–Trinajstić information content (AvgIpc) is 3.04. The van der Waals surface area contributed by atoms with E-state index in [1.54, 1.807) is 30.5 Å². The summed E-state index contributed by atoms with van der Waals surface area (Å²) in [6, 6.07) is 7.50. The quantitative estimate of drug-likeness (QED) is 0.863. The normalized spacial score (nSPS) is 18.8. The van der Waals surface area contributed by atoms with Crippen LogP contribution in [0.25, 0.3) is 6.08 Å². The molecule has 1 fully saturated rings. The Morgan fingerprint density at radius 3 is 2.75 bits per heavy atom. The number of rotatable bonds is 2. The smallest absolute Gasteiger partial charge is 0.264 e. The first kappa shape index (κ1) is 12.7. The van der Waals surface area contributed by atoms with Crippen LogP contribution in [-0.2, 0) is 4.79 Å². The second kappa shape index (κ2) is 5.34. The molecular formula is C14H9FN2O2S. The van der Waals surface area contributed by atoms with E-state index in [-0.39, 0.29) is 11.7 Å². The Morgan fingerprint density at radius 1 is 1.25 bits per heavy atom. The van der Waals surface area contributed by atoms with Gasteiger partial charge in [0.2, 0.25) is 0 Å². The molecule has 0 radical (unpaired) electrons. The van der Waals surface area contributed by atoms with E-state index in [4.69, 9.17) is 4.42 Å². The predicted octanol–water partition coefficient (Wildman–Crippen LogP) is 3.31. The molecule has 1 aromatic carbocycles. The highest BCUT2D eigenvalue weighted by molar-refractivity contribution is 8.18. The number of thioether (sulfide) groups is 1. The minimum absolute atomic E-state index is 0.211. The molecule has 0 bridgehead atoms. The van der Waals surface area contributed by atoms with Gasteiger partial charge in [0, 0.05) is 5.56 Å². The standard InChI is InChI=1S/C14H9FN2O2S/c15-10-1-3-11(4-2-10)16-14-17-13(18)12(20-14)7-9-5-6-19-8-9/h1-8H,(H,16,17,18)/b12-7+. The Labute approximate surface area is 118 Å². The van der Waals surface area contributed by atoms with Crippen LogP contribution in [0, 0.1) is 5.82 Å². The molecule has 1 amide bonds. The molecule has 0 unspecified atom stereocenters. The maximum absolute atomic E-state index is 12.8. The van der Waals surface area contributed by atoms with Crippen LogP contribution in [0.2, 0.25) is 0 Å². The highest BCUT2D eigenvalue weighted by atomic mass is 32.2. The molecule has 0 spiro atoms. The fraction of sp³-hybridized carbons (Fsp3) is 0. The van der Waals surface area contributed by atoms with E-state index in [9.17, 15) is 9.18 Å². The Morgan fingerprint density at radius 2 is 2.05 bits per heavy atom. The monoisotopic (exact) mass is 288 g/mol. The SMILES string of the molecule is O=C1NC(=Nc2ccc(F)cc2)S/C1=C/c1ccoc1. The summed E-state index contributed by atoms with van der Waals surface area (Å²) in [7, 11) is 0. The van der Waals surface area contributed by atoms with Gasteiger partial charge in [0.1, 0.15) is 5.82 Å². The Hall–Kier alpha value is -2.34. The third-order valence-electron chi connectivity index (χ3n) is 2.55. The number of hydrogen-bond donors (Lipinski definition) is 1. The Bertz CT molecular complexity index is 690. The average molecular weight is 288 g/mol. The fourth-order valence-electron chi connectivity index (χ4n) is 1.62. The van der Waals surface area contributed by atoms with Gasteiger partial charge >= 0.3 is 0 Å². The molecule has 1 aliphatic rings. The van der Waals surface area contributed by atoms with Gasteiger partial charge in [-0.15, -0.1) is 0 Å². The highest BCUT2D eigenvalue weighted by Crippen LogP contribution is 2.28. The van der Waals surface area contributed by atoms with Crippen molar-refractivity contribution in [3.05, 3.63) is 59.1 Å². The molecule has 0 atom stereocenters. The molecule has 0 saturated carbocycles. The number of benzene rings is 1. The van der Waals surface area contributed by atoms with Crippen LogP contribution < -0.4 is 5.32 Å². The summed E-state index contributed by atoms with van der Waals surface area (Å²) in [5.74, 6) is -0.533. The van der Waals surface area contributed by atoms with Gasteiger partial charge in [-0.25, -0.2) is 9.38 Å². The summed E-state index contributed by atoms with van der Waals surface area (Å²) in [4.78, 5) is 16.6. The van der Waals surface area contributed by atoms with Crippen LogP contribution in [0.1, 0.15) is 5.56 Å². The van der Waals surface area contributed by atoms with Crippen molar-refractivity contribution in [3.8, 4) is 0 Å². The number of nitrogens with zero attached hydrogens (tertiary/aromatic N) is 1. The third kappa shape index (κ3) is 2.80. The van der Waals surface area contributed by atoms with Gasteiger partial charge in [-0.05, 0) is 48.2 Å². The van der Waals surface area contributed by atoms with Gasteiger partial charge in [-0.1, -0.05) is 0 Å². The van der Waals surface area contributed by atoms with Crippen molar-refractivity contribution in [2.24, 2.45) is 4.99 Å². The lowest BCUT2D eigenvalue weighted by Crippen LogP contribution is -2.19. The summed E-state index contributed by atoms with van der Waals surface area (Å²) in [5, 5.41) is 3.13. The molecule has 2 aromatic rings. The second-order valence-corrected chi connectivity index (χ2v) is 5.05. The van der Waals surface area contributed by atoms with Crippen LogP contribution >= 0.6 is 11.8 Å². The molecule has 20 heavy (non-hydrogen) atoms. The van der Waals surface area contributed by atoms with E-state index in [0.29, 0.717) is 15.8 Å². The summed E-state index contributed by atoms with van der Waals surface area (Å²) in [6.45, 7) is 0. The van der Waals surface area contributed by atoms with Crippen molar-refractivity contribution in [1.29, 1.82) is 0 Å². The maximum atomic E-state index is 12.8.